The van der Waals surface area contributed by atoms with Crippen LogP contribution >= 0.6 is 0 Å². The van der Waals surface area contributed by atoms with E-state index in [0.717, 1.165) is 24.9 Å². The number of hydrogen-bond acceptors (Lipinski definition) is 4. The lowest BCUT2D eigenvalue weighted by atomic mass is 9.88. The molecule has 1 aliphatic carbocycles. The van der Waals surface area contributed by atoms with E-state index < -0.39 is 0 Å². The Morgan fingerprint density at radius 2 is 1.89 bits per heavy atom. The van der Waals surface area contributed by atoms with Gasteiger partial charge in [0.25, 0.3) is 5.91 Å². The number of ether oxygens (including phenoxy) is 2. The highest BCUT2D eigenvalue weighted by Gasteiger charge is 2.19. The lowest BCUT2D eigenvalue weighted by molar-refractivity contribution is -0.124. The van der Waals surface area contributed by atoms with Crippen molar-refractivity contribution < 1.29 is 14.3 Å². The molecule has 27 heavy (non-hydrogen) atoms. The van der Waals surface area contributed by atoms with Crippen LogP contribution in [0.4, 0.5) is 0 Å². The van der Waals surface area contributed by atoms with Gasteiger partial charge >= 0.3 is 0 Å². The van der Waals surface area contributed by atoms with Gasteiger partial charge in [0.2, 0.25) is 0 Å². The number of carbonyl (C=O) groups excluding carboxylic acids is 1. The fourth-order valence-corrected chi connectivity index (χ4v) is 3.18. The van der Waals surface area contributed by atoms with E-state index in [2.05, 4.69) is 38.3 Å². The van der Waals surface area contributed by atoms with Crippen LogP contribution in [0.1, 0.15) is 65.4 Å². The van der Waals surface area contributed by atoms with Crippen LogP contribution in [0, 0.1) is 5.41 Å². The molecule has 1 aliphatic rings. The largest absolute Gasteiger partial charge is 0.493 e. The third-order valence-corrected chi connectivity index (χ3v) is 5.47. The summed E-state index contributed by atoms with van der Waals surface area (Å²) in [7, 11) is 1.62. The lowest BCUT2D eigenvalue weighted by Crippen LogP contribution is -2.39. The minimum absolute atomic E-state index is 0.0194. The van der Waals surface area contributed by atoms with Crippen LogP contribution in [0.2, 0.25) is 0 Å². The molecule has 1 amide bonds. The molecule has 0 spiro atoms. The predicted octanol–water partition coefficient (Wildman–Crippen LogP) is 4.05. The second-order valence-corrected chi connectivity index (χ2v) is 8.64. The maximum atomic E-state index is 12.1. The van der Waals surface area contributed by atoms with Crippen LogP contribution in [0.3, 0.4) is 0 Å². The third-order valence-electron chi connectivity index (χ3n) is 5.47. The lowest BCUT2D eigenvalue weighted by Gasteiger charge is -2.28. The number of rotatable bonds is 8. The van der Waals surface area contributed by atoms with E-state index in [0.29, 0.717) is 23.6 Å². The van der Waals surface area contributed by atoms with Crippen molar-refractivity contribution in [3.63, 3.8) is 0 Å². The summed E-state index contributed by atoms with van der Waals surface area (Å²) < 4.78 is 11.2. The number of methoxy groups -OCH3 is 1. The summed E-state index contributed by atoms with van der Waals surface area (Å²) in [6.07, 6.45) is 5.81. The van der Waals surface area contributed by atoms with Crippen LogP contribution in [-0.4, -0.2) is 31.7 Å². The Balaban J connectivity index is 1.86. The molecular weight excluding hydrogens is 340 g/mol. The number of nitrogens with one attached hydrogen (secondary N) is 2. The molecule has 0 saturated heterocycles. The quantitative estimate of drug-likeness (QED) is 0.719. The van der Waals surface area contributed by atoms with E-state index >= 15 is 0 Å². The van der Waals surface area contributed by atoms with Gasteiger partial charge in [0.1, 0.15) is 0 Å². The number of carbonyl (C=O) groups is 1. The Hall–Kier alpha value is -1.75. The van der Waals surface area contributed by atoms with Crippen LogP contribution in [0.25, 0.3) is 0 Å². The molecular formula is C22H36N2O3. The Bertz CT molecular complexity index is 604. The van der Waals surface area contributed by atoms with Gasteiger partial charge in [-0.25, -0.2) is 0 Å². The van der Waals surface area contributed by atoms with E-state index in [4.69, 9.17) is 9.47 Å². The molecule has 0 radical (unpaired) electrons. The standard InChI is InChI=1S/C22H36N2O3/c1-16(22(2,3)4)23-14-17-11-12-19(20(13-17)26-5)27-15-21(25)24-18-9-7-6-8-10-18/h11-13,16,18,23H,6-10,14-15H2,1-5H3,(H,24,25)/t16-/m1/s1. The van der Waals surface area contributed by atoms with Gasteiger partial charge < -0.3 is 20.1 Å². The molecule has 152 valence electrons. The maximum absolute atomic E-state index is 12.1. The zero-order chi connectivity index (χ0) is 19.9. The molecule has 0 aliphatic heterocycles. The molecule has 5 heteroatoms. The van der Waals surface area contributed by atoms with Crippen LogP contribution in [-0.2, 0) is 11.3 Å². The molecule has 0 aromatic heterocycles. The Labute approximate surface area is 164 Å². The first-order chi connectivity index (χ1) is 12.8. The van der Waals surface area contributed by atoms with Crippen LogP contribution < -0.4 is 20.1 Å². The minimum Gasteiger partial charge on any atom is -0.493 e. The predicted molar refractivity (Wildman–Crippen MR) is 109 cm³/mol. The summed E-state index contributed by atoms with van der Waals surface area (Å²) >= 11 is 0. The van der Waals surface area contributed by atoms with E-state index in [1.807, 2.05) is 18.2 Å². The van der Waals surface area contributed by atoms with Gasteiger partial charge in [-0.3, -0.25) is 4.79 Å². The van der Waals surface area contributed by atoms with E-state index in [-0.39, 0.29) is 17.9 Å². The van der Waals surface area contributed by atoms with Crippen molar-refractivity contribution >= 4 is 5.91 Å². The summed E-state index contributed by atoms with van der Waals surface area (Å²) in [5, 5.41) is 6.61. The molecule has 1 saturated carbocycles. The highest BCUT2D eigenvalue weighted by molar-refractivity contribution is 5.78. The fourth-order valence-electron chi connectivity index (χ4n) is 3.18. The number of hydrogen-bond donors (Lipinski definition) is 2. The van der Waals surface area contributed by atoms with Gasteiger partial charge in [-0.2, -0.15) is 0 Å². The molecule has 0 unspecified atom stereocenters. The summed E-state index contributed by atoms with van der Waals surface area (Å²) in [6.45, 7) is 9.64. The van der Waals surface area contributed by atoms with Crippen molar-refractivity contribution in [1.82, 2.24) is 10.6 Å². The van der Waals surface area contributed by atoms with Gasteiger partial charge in [0, 0.05) is 18.6 Å². The first-order valence-electron chi connectivity index (χ1n) is 10.1. The van der Waals surface area contributed by atoms with Crippen molar-refractivity contribution in [2.75, 3.05) is 13.7 Å². The SMILES string of the molecule is COc1cc(CN[C@H](C)C(C)(C)C)ccc1OCC(=O)NC1CCCCC1. The molecule has 2 N–H and O–H groups in total. The number of benzene rings is 1. The van der Waals surface area contributed by atoms with Gasteiger partial charge in [-0.1, -0.05) is 46.1 Å². The van der Waals surface area contributed by atoms with Crippen molar-refractivity contribution in [2.24, 2.45) is 5.41 Å². The second-order valence-electron chi connectivity index (χ2n) is 8.64. The normalized spacial score (nSPS) is 16.6. The van der Waals surface area contributed by atoms with Crippen LogP contribution in [0.15, 0.2) is 18.2 Å². The van der Waals surface area contributed by atoms with Crippen molar-refractivity contribution in [2.45, 2.75) is 78.4 Å². The molecule has 0 bridgehead atoms. The smallest absolute Gasteiger partial charge is 0.258 e. The van der Waals surface area contributed by atoms with Gasteiger partial charge in [0.05, 0.1) is 7.11 Å². The Kier molecular flexibility index (Phi) is 7.96. The molecule has 1 atom stereocenters. The van der Waals surface area contributed by atoms with Gasteiger partial charge in [-0.15, -0.1) is 0 Å². The molecule has 0 heterocycles. The first kappa shape index (κ1) is 21.5. The third kappa shape index (κ3) is 7.06. The van der Waals surface area contributed by atoms with Crippen molar-refractivity contribution in [3.05, 3.63) is 23.8 Å². The van der Waals surface area contributed by atoms with E-state index in [1.165, 1.54) is 19.3 Å². The van der Waals surface area contributed by atoms with E-state index in [9.17, 15) is 4.79 Å². The van der Waals surface area contributed by atoms with E-state index in [1.54, 1.807) is 7.11 Å². The second kappa shape index (κ2) is 9.98. The average Bonchev–Trinajstić information content (AvgIpc) is 2.64. The monoisotopic (exact) mass is 376 g/mol. The molecule has 1 aromatic rings. The highest BCUT2D eigenvalue weighted by Crippen LogP contribution is 2.28. The number of amides is 1. The van der Waals surface area contributed by atoms with Gasteiger partial charge in [-0.05, 0) is 42.9 Å². The Morgan fingerprint density at radius 1 is 1.19 bits per heavy atom. The molecule has 1 fully saturated rings. The zero-order valence-corrected chi connectivity index (χ0v) is 17.6. The Morgan fingerprint density at radius 3 is 2.52 bits per heavy atom. The maximum Gasteiger partial charge on any atom is 0.258 e. The molecule has 5 nitrogen and oxygen atoms in total. The summed E-state index contributed by atoms with van der Waals surface area (Å²) in [4.78, 5) is 12.1. The van der Waals surface area contributed by atoms with Crippen molar-refractivity contribution in [3.8, 4) is 11.5 Å². The fraction of sp³-hybridized carbons (Fsp3) is 0.682. The summed E-state index contributed by atoms with van der Waals surface area (Å²) in [5.74, 6) is 1.20. The highest BCUT2D eigenvalue weighted by atomic mass is 16.5. The average molecular weight is 377 g/mol. The summed E-state index contributed by atoms with van der Waals surface area (Å²) in [6, 6.07) is 6.56. The van der Waals surface area contributed by atoms with Crippen molar-refractivity contribution in [1.29, 1.82) is 0 Å². The molecule has 1 aromatic carbocycles. The molecule has 2 rings (SSSR count). The zero-order valence-electron chi connectivity index (χ0n) is 17.6. The minimum atomic E-state index is -0.0614. The van der Waals surface area contributed by atoms with Gasteiger partial charge in [0.15, 0.2) is 18.1 Å². The topological polar surface area (TPSA) is 59.6 Å². The first-order valence-corrected chi connectivity index (χ1v) is 10.1. The van der Waals surface area contributed by atoms with Crippen LogP contribution in [0.5, 0.6) is 11.5 Å². The summed E-state index contributed by atoms with van der Waals surface area (Å²) in [5.41, 5.74) is 1.33.